The number of nitrogens with one attached hydrogen (secondary N) is 2. The standard InChI is InChI=1S/C26H33N5O3/c1-18(27)30-15-12-23(13-16-30)33-21-8-10-22(11-9-21)34-26(32)24-7-2-3-14-31(24)20-6-4-5-19(17-20)25(28)29/h4-6,8-11,17,23-24,27H,2-3,7,12-16H2,1H3,(H3,28,29)/t24-/m0/s1. The van der Waals surface area contributed by atoms with E-state index in [0.29, 0.717) is 17.1 Å². The molecular weight excluding hydrogens is 430 g/mol. The van der Waals surface area contributed by atoms with Crippen LogP contribution in [0.2, 0.25) is 0 Å². The first kappa shape index (κ1) is 23.6. The van der Waals surface area contributed by atoms with Gasteiger partial charge in [0, 0.05) is 43.7 Å². The van der Waals surface area contributed by atoms with Gasteiger partial charge in [0.2, 0.25) is 0 Å². The fourth-order valence-corrected chi connectivity index (χ4v) is 4.61. The quantitative estimate of drug-likeness (QED) is 0.260. The van der Waals surface area contributed by atoms with Gasteiger partial charge in [-0.25, -0.2) is 4.79 Å². The third-order valence-electron chi connectivity index (χ3n) is 6.52. The molecule has 1 atom stereocenters. The normalized spacial score (nSPS) is 18.9. The molecule has 2 aromatic carbocycles. The number of rotatable bonds is 6. The van der Waals surface area contributed by atoms with Crippen molar-refractivity contribution >= 4 is 23.3 Å². The first-order valence-electron chi connectivity index (χ1n) is 11.9. The van der Waals surface area contributed by atoms with Gasteiger partial charge < -0.3 is 25.0 Å². The van der Waals surface area contributed by atoms with Gasteiger partial charge in [-0.1, -0.05) is 12.1 Å². The molecule has 0 aliphatic carbocycles. The highest BCUT2D eigenvalue weighted by Crippen LogP contribution is 2.28. The number of anilines is 1. The molecule has 2 aromatic rings. The van der Waals surface area contributed by atoms with E-state index in [1.54, 1.807) is 18.2 Å². The van der Waals surface area contributed by atoms with E-state index in [-0.39, 0.29) is 24.0 Å². The number of carbonyl (C=O) groups excluding carboxylic acids is 1. The third-order valence-corrected chi connectivity index (χ3v) is 6.52. The molecule has 2 fully saturated rings. The summed E-state index contributed by atoms with van der Waals surface area (Å²) in [6.07, 6.45) is 4.58. The number of nitrogens with two attached hydrogens (primary N) is 1. The lowest BCUT2D eigenvalue weighted by molar-refractivity contribution is -0.136. The van der Waals surface area contributed by atoms with Crippen LogP contribution in [0.25, 0.3) is 0 Å². The van der Waals surface area contributed by atoms with E-state index in [0.717, 1.165) is 63.2 Å². The largest absolute Gasteiger partial charge is 0.490 e. The molecule has 4 N–H and O–H groups in total. The maximum absolute atomic E-state index is 13.1. The fourth-order valence-electron chi connectivity index (χ4n) is 4.61. The van der Waals surface area contributed by atoms with Gasteiger partial charge in [0.1, 0.15) is 29.5 Å². The lowest BCUT2D eigenvalue weighted by atomic mass is 10.0. The van der Waals surface area contributed by atoms with Crippen LogP contribution in [0.4, 0.5) is 5.69 Å². The Balaban J connectivity index is 1.36. The topological polar surface area (TPSA) is 116 Å². The number of carbonyl (C=O) groups is 1. The van der Waals surface area contributed by atoms with Crippen LogP contribution >= 0.6 is 0 Å². The number of hydrogen-bond donors (Lipinski definition) is 3. The molecule has 34 heavy (non-hydrogen) atoms. The number of likely N-dealkylation sites (tertiary alicyclic amines) is 1. The first-order chi connectivity index (χ1) is 16.4. The number of benzene rings is 2. The molecular formula is C26H33N5O3. The van der Waals surface area contributed by atoms with Gasteiger partial charge in [-0.05, 0) is 62.6 Å². The number of amidine groups is 2. The summed E-state index contributed by atoms with van der Waals surface area (Å²) in [4.78, 5) is 17.2. The number of nitrogens with zero attached hydrogens (tertiary/aromatic N) is 2. The number of nitrogen functional groups attached to an aromatic ring is 1. The summed E-state index contributed by atoms with van der Waals surface area (Å²) in [6, 6.07) is 14.3. The van der Waals surface area contributed by atoms with E-state index < -0.39 is 0 Å². The summed E-state index contributed by atoms with van der Waals surface area (Å²) in [6.45, 7) is 4.24. The van der Waals surface area contributed by atoms with Gasteiger partial charge in [-0.15, -0.1) is 0 Å². The fraction of sp³-hybridized carbons (Fsp3) is 0.423. The molecule has 0 aromatic heterocycles. The average molecular weight is 464 g/mol. The summed E-state index contributed by atoms with van der Waals surface area (Å²) in [5.41, 5.74) is 7.17. The maximum atomic E-state index is 13.1. The Morgan fingerprint density at radius 1 is 0.971 bits per heavy atom. The highest BCUT2D eigenvalue weighted by atomic mass is 16.5. The van der Waals surface area contributed by atoms with Crippen LogP contribution in [0.1, 0.15) is 44.6 Å². The second kappa shape index (κ2) is 10.6. The second-order valence-corrected chi connectivity index (χ2v) is 8.95. The minimum Gasteiger partial charge on any atom is -0.490 e. The maximum Gasteiger partial charge on any atom is 0.334 e. The Bertz CT molecular complexity index is 1030. The zero-order valence-electron chi connectivity index (χ0n) is 19.6. The lowest BCUT2D eigenvalue weighted by Gasteiger charge is -2.36. The Labute approximate surface area is 200 Å². The molecule has 0 radical (unpaired) electrons. The van der Waals surface area contributed by atoms with E-state index in [1.807, 2.05) is 37.3 Å². The van der Waals surface area contributed by atoms with Gasteiger partial charge >= 0.3 is 5.97 Å². The predicted molar refractivity (Wildman–Crippen MR) is 133 cm³/mol. The second-order valence-electron chi connectivity index (χ2n) is 8.95. The van der Waals surface area contributed by atoms with E-state index >= 15 is 0 Å². The molecule has 2 saturated heterocycles. The summed E-state index contributed by atoms with van der Waals surface area (Å²) >= 11 is 0. The Kier molecular flexibility index (Phi) is 7.35. The molecule has 2 aliphatic rings. The van der Waals surface area contributed by atoms with Crippen molar-refractivity contribution in [3.05, 3.63) is 54.1 Å². The molecule has 180 valence electrons. The smallest absolute Gasteiger partial charge is 0.334 e. The summed E-state index contributed by atoms with van der Waals surface area (Å²) < 4.78 is 11.8. The van der Waals surface area contributed by atoms with Gasteiger partial charge in [0.15, 0.2) is 0 Å². The molecule has 8 nitrogen and oxygen atoms in total. The lowest BCUT2D eigenvalue weighted by Crippen LogP contribution is -2.46. The molecule has 0 amide bonds. The zero-order valence-corrected chi connectivity index (χ0v) is 19.6. The minimum atomic E-state index is -0.380. The molecule has 2 aliphatic heterocycles. The number of piperidine rings is 2. The van der Waals surface area contributed by atoms with Crippen LogP contribution in [0.5, 0.6) is 11.5 Å². The molecule has 4 rings (SSSR count). The molecule has 0 unspecified atom stereocenters. The van der Waals surface area contributed by atoms with Crippen molar-refractivity contribution in [3.8, 4) is 11.5 Å². The summed E-state index contributed by atoms with van der Waals surface area (Å²) in [5, 5.41) is 15.4. The van der Waals surface area contributed by atoms with Crippen LogP contribution in [0.3, 0.4) is 0 Å². The molecule has 0 spiro atoms. The Hall–Kier alpha value is -3.55. The van der Waals surface area contributed by atoms with Gasteiger partial charge in [-0.2, -0.15) is 0 Å². The van der Waals surface area contributed by atoms with Crippen LogP contribution < -0.4 is 20.1 Å². The molecule has 2 heterocycles. The number of hydrogen-bond acceptors (Lipinski definition) is 6. The predicted octanol–water partition coefficient (Wildman–Crippen LogP) is 3.78. The van der Waals surface area contributed by atoms with E-state index in [1.165, 1.54) is 0 Å². The van der Waals surface area contributed by atoms with Gasteiger partial charge in [0.25, 0.3) is 0 Å². The number of ether oxygens (including phenoxy) is 2. The van der Waals surface area contributed by atoms with Crippen molar-refractivity contribution in [1.29, 1.82) is 10.8 Å². The third kappa shape index (κ3) is 5.68. The van der Waals surface area contributed by atoms with Crippen molar-refractivity contribution in [3.63, 3.8) is 0 Å². The monoisotopic (exact) mass is 463 g/mol. The highest BCUT2D eigenvalue weighted by molar-refractivity contribution is 5.96. The van der Waals surface area contributed by atoms with E-state index in [9.17, 15) is 4.79 Å². The van der Waals surface area contributed by atoms with E-state index in [2.05, 4.69) is 9.80 Å². The molecule has 0 saturated carbocycles. The van der Waals surface area contributed by atoms with Crippen molar-refractivity contribution in [2.24, 2.45) is 5.73 Å². The van der Waals surface area contributed by atoms with Crippen molar-refractivity contribution in [2.45, 2.75) is 51.2 Å². The minimum absolute atomic E-state index is 0.00989. The molecule has 8 heteroatoms. The molecule has 0 bridgehead atoms. The van der Waals surface area contributed by atoms with Gasteiger partial charge in [0.05, 0.1) is 5.84 Å². The van der Waals surface area contributed by atoms with Crippen LogP contribution in [0, 0.1) is 10.8 Å². The summed E-state index contributed by atoms with van der Waals surface area (Å²) in [5.74, 6) is 1.58. The summed E-state index contributed by atoms with van der Waals surface area (Å²) in [7, 11) is 0. The van der Waals surface area contributed by atoms with Crippen molar-refractivity contribution in [2.75, 3.05) is 24.5 Å². The van der Waals surface area contributed by atoms with Crippen LogP contribution in [-0.2, 0) is 4.79 Å². The van der Waals surface area contributed by atoms with Gasteiger partial charge in [-0.3, -0.25) is 10.8 Å². The van der Waals surface area contributed by atoms with Crippen molar-refractivity contribution in [1.82, 2.24) is 4.90 Å². The number of esters is 1. The Morgan fingerprint density at radius 2 is 1.68 bits per heavy atom. The van der Waals surface area contributed by atoms with Crippen LogP contribution in [0.15, 0.2) is 48.5 Å². The highest BCUT2D eigenvalue weighted by Gasteiger charge is 2.31. The average Bonchev–Trinajstić information content (AvgIpc) is 2.85. The van der Waals surface area contributed by atoms with Crippen LogP contribution in [-0.4, -0.2) is 54.3 Å². The zero-order chi connectivity index (χ0) is 24.1. The van der Waals surface area contributed by atoms with E-state index in [4.69, 9.17) is 26.0 Å². The Morgan fingerprint density at radius 3 is 2.35 bits per heavy atom. The first-order valence-corrected chi connectivity index (χ1v) is 11.9. The van der Waals surface area contributed by atoms with Crippen molar-refractivity contribution < 1.29 is 14.3 Å². The SMILES string of the molecule is CC(=N)N1CCC(Oc2ccc(OC(=O)[C@@H]3CCCCN3c3cccc(C(=N)N)c3)cc2)CC1.